The zero-order valence-corrected chi connectivity index (χ0v) is 17.9. The van der Waals surface area contributed by atoms with Gasteiger partial charge in [0.2, 0.25) is 0 Å². The van der Waals surface area contributed by atoms with Crippen LogP contribution in [0.15, 0.2) is 36.5 Å². The summed E-state index contributed by atoms with van der Waals surface area (Å²) in [5.41, 5.74) is 1.85. The molecule has 1 fully saturated rings. The van der Waals surface area contributed by atoms with Gasteiger partial charge in [-0.15, -0.1) is 0 Å². The molecule has 2 aromatic rings. The Labute approximate surface area is 174 Å². The fraction of sp³-hybridized carbons (Fsp3) is 0.565. The molecule has 0 saturated carbocycles. The minimum Gasteiger partial charge on any atom is -0.497 e. The van der Waals surface area contributed by atoms with Gasteiger partial charge in [0, 0.05) is 12.7 Å². The molecule has 158 valence electrons. The zero-order valence-electron chi connectivity index (χ0n) is 17.9. The summed E-state index contributed by atoms with van der Waals surface area (Å²) < 4.78 is 7.18. The van der Waals surface area contributed by atoms with Crippen LogP contribution in [0, 0.1) is 0 Å². The quantitative estimate of drug-likeness (QED) is 0.687. The first-order chi connectivity index (χ1) is 14.2. The van der Waals surface area contributed by atoms with Crippen molar-refractivity contribution in [3.05, 3.63) is 47.8 Å². The van der Waals surface area contributed by atoms with E-state index in [9.17, 15) is 4.79 Å². The van der Waals surface area contributed by atoms with Crippen molar-refractivity contribution in [2.75, 3.05) is 26.7 Å². The predicted molar refractivity (Wildman–Crippen MR) is 115 cm³/mol. The van der Waals surface area contributed by atoms with Gasteiger partial charge in [-0.1, -0.05) is 32.4 Å². The Morgan fingerprint density at radius 3 is 2.41 bits per heavy atom. The number of nitrogens with zero attached hydrogens (tertiary/aromatic N) is 3. The van der Waals surface area contributed by atoms with Crippen molar-refractivity contribution < 1.29 is 9.53 Å². The lowest BCUT2D eigenvalue weighted by Gasteiger charge is -2.35. The fourth-order valence-corrected chi connectivity index (χ4v) is 4.21. The maximum Gasteiger partial charge on any atom is 0.269 e. The number of aromatic nitrogens is 2. The second-order valence-electron chi connectivity index (χ2n) is 7.73. The molecule has 1 aliphatic rings. The number of methoxy groups -OCH3 is 1. The van der Waals surface area contributed by atoms with Crippen LogP contribution >= 0.6 is 0 Å². The molecule has 3 rings (SSSR count). The van der Waals surface area contributed by atoms with Crippen molar-refractivity contribution >= 4 is 5.91 Å². The highest BCUT2D eigenvalue weighted by molar-refractivity contribution is 5.92. The van der Waals surface area contributed by atoms with E-state index >= 15 is 0 Å². The van der Waals surface area contributed by atoms with E-state index in [2.05, 4.69) is 41.3 Å². The Morgan fingerprint density at radius 2 is 1.79 bits per heavy atom. The molecule has 6 heteroatoms. The lowest BCUT2D eigenvalue weighted by Crippen LogP contribution is -2.41. The molecule has 0 bridgehead atoms. The predicted octanol–water partition coefficient (Wildman–Crippen LogP) is 4.21. The molecule has 2 heterocycles. The van der Waals surface area contributed by atoms with Gasteiger partial charge in [-0.2, -0.15) is 5.10 Å². The van der Waals surface area contributed by atoms with Gasteiger partial charge < -0.3 is 10.1 Å². The van der Waals surface area contributed by atoms with Crippen LogP contribution in [-0.2, 0) is 0 Å². The smallest absolute Gasteiger partial charge is 0.269 e. The summed E-state index contributed by atoms with van der Waals surface area (Å²) in [7, 11) is 1.68. The van der Waals surface area contributed by atoms with Crippen LogP contribution in [0.4, 0.5) is 0 Å². The first kappa shape index (κ1) is 21.4. The largest absolute Gasteiger partial charge is 0.497 e. The molecule has 1 aromatic carbocycles. The molecule has 0 aliphatic carbocycles. The minimum atomic E-state index is -0.0510. The van der Waals surface area contributed by atoms with Crippen molar-refractivity contribution in [1.82, 2.24) is 20.0 Å². The van der Waals surface area contributed by atoms with Gasteiger partial charge in [0.1, 0.15) is 11.4 Å². The number of carbonyl (C=O) groups is 1. The molecule has 1 aromatic heterocycles. The highest BCUT2D eigenvalue weighted by Crippen LogP contribution is 2.26. The second-order valence-corrected chi connectivity index (χ2v) is 7.73. The SMILES string of the molecule is CCC(CC)n1nccc1C(=O)NCC(c1ccc(OC)cc1)N1CCCCC1. The molecule has 1 saturated heterocycles. The van der Waals surface area contributed by atoms with E-state index < -0.39 is 0 Å². The molecule has 0 spiro atoms. The van der Waals surface area contributed by atoms with E-state index in [-0.39, 0.29) is 18.0 Å². The maximum absolute atomic E-state index is 13.0. The summed E-state index contributed by atoms with van der Waals surface area (Å²) in [6, 6.07) is 10.4. The van der Waals surface area contributed by atoms with Gasteiger partial charge in [0.15, 0.2) is 0 Å². The fourth-order valence-electron chi connectivity index (χ4n) is 4.21. The van der Waals surface area contributed by atoms with Crippen molar-refractivity contribution in [2.24, 2.45) is 0 Å². The van der Waals surface area contributed by atoms with E-state index in [0.29, 0.717) is 12.2 Å². The Morgan fingerprint density at radius 1 is 1.10 bits per heavy atom. The number of piperidine rings is 1. The summed E-state index contributed by atoms with van der Waals surface area (Å²) in [5, 5.41) is 7.59. The standard InChI is InChI=1S/C23H34N4O2/c1-4-19(5-2)27-21(13-14-25-27)23(28)24-17-22(26-15-7-6-8-16-26)18-9-11-20(29-3)12-10-18/h9-14,19,22H,4-8,15-17H2,1-3H3,(H,24,28). The van der Waals surface area contributed by atoms with Crippen LogP contribution < -0.4 is 10.1 Å². The van der Waals surface area contributed by atoms with Crippen LogP contribution in [-0.4, -0.2) is 47.3 Å². The lowest BCUT2D eigenvalue weighted by molar-refractivity contribution is 0.0910. The minimum absolute atomic E-state index is 0.0510. The number of likely N-dealkylation sites (tertiary alicyclic amines) is 1. The van der Waals surface area contributed by atoms with Crippen molar-refractivity contribution in [1.29, 1.82) is 0 Å². The summed E-state index contributed by atoms with van der Waals surface area (Å²) in [4.78, 5) is 15.5. The zero-order chi connectivity index (χ0) is 20.6. The number of nitrogens with one attached hydrogen (secondary N) is 1. The molecule has 6 nitrogen and oxygen atoms in total. The van der Waals surface area contributed by atoms with Gasteiger partial charge in [0.25, 0.3) is 5.91 Å². The third-order valence-electron chi connectivity index (χ3n) is 5.98. The van der Waals surface area contributed by atoms with E-state index in [1.807, 2.05) is 22.9 Å². The van der Waals surface area contributed by atoms with Gasteiger partial charge in [-0.05, 0) is 62.5 Å². The van der Waals surface area contributed by atoms with Gasteiger partial charge in [0.05, 0.1) is 19.2 Å². The van der Waals surface area contributed by atoms with Crippen molar-refractivity contribution in [3.8, 4) is 5.75 Å². The summed E-state index contributed by atoms with van der Waals surface area (Å²) in [5.74, 6) is 0.800. The molecular formula is C23H34N4O2. The van der Waals surface area contributed by atoms with Crippen LogP contribution in [0.25, 0.3) is 0 Å². The molecule has 1 atom stereocenters. The van der Waals surface area contributed by atoms with Gasteiger partial charge in [-0.25, -0.2) is 0 Å². The Balaban J connectivity index is 1.74. The third kappa shape index (κ3) is 5.18. The van der Waals surface area contributed by atoms with E-state index in [1.54, 1.807) is 13.3 Å². The number of hydrogen-bond acceptors (Lipinski definition) is 4. The molecule has 29 heavy (non-hydrogen) atoms. The van der Waals surface area contributed by atoms with E-state index in [4.69, 9.17) is 4.74 Å². The Kier molecular flexibility index (Phi) is 7.69. The summed E-state index contributed by atoms with van der Waals surface area (Å²) in [6.07, 6.45) is 7.34. The summed E-state index contributed by atoms with van der Waals surface area (Å²) in [6.45, 7) is 6.98. The molecular weight excluding hydrogens is 364 g/mol. The van der Waals surface area contributed by atoms with E-state index in [1.165, 1.54) is 24.8 Å². The lowest BCUT2D eigenvalue weighted by atomic mass is 10.0. The first-order valence-corrected chi connectivity index (χ1v) is 10.9. The first-order valence-electron chi connectivity index (χ1n) is 10.9. The molecule has 1 amide bonds. The van der Waals surface area contributed by atoms with Crippen molar-refractivity contribution in [2.45, 2.75) is 58.0 Å². The molecule has 1 unspecified atom stereocenters. The molecule has 0 radical (unpaired) electrons. The maximum atomic E-state index is 13.0. The second kappa shape index (κ2) is 10.4. The number of amides is 1. The monoisotopic (exact) mass is 398 g/mol. The normalized spacial score (nSPS) is 16.0. The van der Waals surface area contributed by atoms with Crippen LogP contribution in [0.3, 0.4) is 0 Å². The van der Waals surface area contributed by atoms with Crippen molar-refractivity contribution in [3.63, 3.8) is 0 Å². The number of ether oxygens (including phenoxy) is 1. The highest BCUT2D eigenvalue weighted by Gasteiger charge is 2.24. The van der Waals surface area contributed by atoms with E-state index in [0.717, 1.165) is 31.7 Å². The molecule has 1 aliphatic heterocycles. The van der Waals surface area contributed by atoms with Gasteiger partial charge in [-0.3, -0.25) is 14.4 Å². The Hall–Kier alpha value is -2.34. The number of rotatable bonds is 9. The number of hydrogen-bond donors (Lipinski definition) is 1. The highest BCUT2D eigenvalue weighted by atomic mass is 16.5. The molecule has 1 N–H and O–H groups in total. The topological polar surface area (TPSA) is 59.4 Å². The third-order valence-corrected chi connectivity index (χ3v) is 5.98. The number of carbonyl (C=O) groups excluding carboxylic acids is 1. The number of benzene rings is 1. The van der Waals surface area contributed by atoms with Crippen LogP contribution in [0.2, 0.25) is 0 Å². The summed E-state index contributed by atoms with van der Waals surface area (Å²) >= 11 is 0. The average Bonchev–Trinajstić information content (AvgIpc) is 3.25. The van der Waals surface area contributed by atoms with Crippen LogP contribution in [0.5, 0.6) is 5.75 Å². The Bertz CT molecular complexity index is 761. The van der Waals surface area contributed by atoms with Crippen LogP contribution in [0.1, 0.15) is 74.1 Å². The van der Waals surface area contributed by atoms with Gasteiger partial charge >= 0.3 is 0 Å². The average molecular weight is 399 g/mol.